The van der Waals surface area contributed by atoms with Crippen LogP contribution in [0.1, 0.15) is 17.8 Å². The van der Waals surface area contributed by atoms with Crippen LogP contribution in [0.2, 0.25) is 0 Å². The van der Waals surface area contributed by atoms with Gasteiger partial charge in [-0.05, 0) is 12.5 Å². The van der Waals surface area contributed by atoms with Gasteiger partial charge in [-0.15, -0.1) is 0 Å². The number of aromatic amines is 1. The van der Waals surface area contributed by atoms with E-state index in [1.165, 1.54) is 12.2 Å². The maximum atomic E-state index is 12.8. The van der Waals surface area contributed by atoms with E-state index < -0.39 is 23.0 Å². The van der Waals surface area contributed by atoms with Crippen molar-refractivity contribution in [3.8, 4) is 11.8 Å². The normalized spacial score (nSPS) is 14.7. The lowest BCUT2D eigenvalue weighted by atomic mass is 10.1. The van der Waals surface area contributed by atoms with Crippen molar-refractivity contribution < 1.29 is 17.9 Å². The molecule has 1 aliphatic rings. The summed E-state index contributed by atoms with van der Waals surface area (Å²) < 4.78 is 43.0. The Bertz CT molecular complexity index is 780. The van der Waals surface area contributed by atoms with Gasteiger partial charge in [-0.2, -0.15) is 23.5 Å². The topological polar surface area (TPSA) is 78.8 Å². The van der Waals surface area contributed by atoms with Crippen LogP contribution in [0.5, 0.6) is 5.75 Å². The van der Waals surface area contributed by atoms with E-state index in [0.717, 1.165) is 7.11 Å². The zero-order valence-corrected chi connectivity index (χ0v) is 11.4. The number of H-pyrrole nitrogens is 1. The summed E-state index contributed by atoms with van der Waals surface area (Å²) in [6.07, 6.45) is 1.70. The van der Waals surface area contributed by atoms with Crippen LogP contribution in [-0.4, -0.2) is 17.3 Å². The van der Waals surface area contributed by atoms with Crippen LogP contribution in [0.4, 0.5) is 13.2 Å². The lowest BCUT2D eigenvalue weighted by molar-refractivity contribution is -0.143. The fourth-order valence-corrected chi connectivity index (χ4v) is 1.90. The Hall–Kier alpha value is -2.82. The first-order valence-electron chi connectivity index (χ1n) is 6.11. The molecule has 22 heavy (non-hydrogen) atoms. The van der Waals surface area contributed by atoms with Crippen molar-refractivity contribution in [2.45, 2.75) is 12.6 Å². The predicted octanol–water partition coefficient (Wildman–Crippen LogP) is 2.59. The zero-order valence-electron chi connectivity index (χ0n) is 11.4. The standard InChI is InChI=1S/C14H10F3N3O2/c1-22-12-11(21)10(19-20-13(12)14(15,16)17)9-4-2-3-8(7-18)5-6-9/h3-6H,2H2,1H3,(H,20,21). The van der Waals surface area contributed by atoms with Gasteiger partial charge in [0.1, 0.15) is 5.69 Å². The predicted molar refractivity (Wildman–Crippen MR) is 71.8 cm³/mol. The molecule has 0 saturated heterocycles. The van der Waals surface area contributed by atoms with E-state index in [-0.39, 0.29) is 5.69 Å². The van der Waals surface area contributed by atoms with E-state index in [4.69, 9.17) is 5.26 Å². The lowest BCUT2D eigenvalue weighted by Gasteiger charge is -2.11. The minimum Gasteiger partial charge on any atom is -0.491 e. The number of methoxy groups -OCH3 is 1. The van der Waals surface area contributed by atoms with Gasteiger partial charge in [0.05, 0.1) is 13.2 Å². The molecule has 1 aromatic rings. The van der Waals surface area contributed by atoms with Gasteiger partial charge < -0.3 is 4.74 Å². The molecule has 0 amide bonds. The first-order valence-corrected chi connectivity index (χ1v) is 6.11. The summed E-state index contributed by atoms with van der Waals surface area (Å²) in [7, 11) is 0.982. The highest BCUT2D eigenvalue weighted by molar-refractivity contribution is 5.74. The number of alkyl halides is 3. The third-order valence-electron chi connectivity index (χ3n) is 2.94. The molecule has 0 fully saturated rings. The second-order valence-electron chi connectivity index (χ2n) is 4.31. The maximum absolute atomic E-state index is 12.8. The molecule has 0 spiro atoms. The maximum Gasteiger partial charge on any atom is 0.436 e. The van der Waals surface area contributed by atoms with E-state index in [9.17, 15) is 18.0 Å². The number of aromatic nitrogens is 2. The zero-order chi connectivity index (χ0) is 16.3. The Morgan fingerprint density at radius 2 is 2.09 bits per heavy atom. The highest BCUT2D eigenvalue weighted by atomic mass is 19.4. The minimum atomic E-state index is -4.78. The third kappa shape index (κ3) is 2.93. The van der Waals surface area contributed by atoms with Gasteiger partial charge >= 0.3 is 6.18 Å². The second kappa shape index (κ2) is 5.89. The van der Waals surface area contributed by atoms with Crippen molar-refractivity contribution in [2.75, 3.05) is 7.11 Å². The fourth-order valence-electron chi connectivity index (χ4n) is 1.90. The van der Waals surface area contributed by atoms with Crippen molar-refractivity contribution in [1.82, 2.24) is 10.2 Å². The first kappa shape index (κ1) is 15.6. The highest BCUT2D eigenvalue weighted by Gasteiger charge is 2.38. The van der Waals surface area contributed by atoms with Crippen LogP contribution in [0.3, 0.4) is 0 Å². The number of nitrogens with zero attached hydrogens (tertiary/aromatic N) is 2. The number of allylic oxidation sites excluding steroid dienone is 6. The van der Waals surface area contributed by atoms with Crippen LogP contribution in [0.25, 0.3) is 5.57 Å². The molecule has 0 aromatic carbocycles. The molecule has 1 N–H and O–H groups in total. The Morgan fingerprint density at radius 1 is 1.36 bits per heavy atom. The number of hydrogen-bond acceptors (Lipinski definition) is 4. The van der Waals surface area contributed by atoms with Crippen molar-refractivity contribution in [3.63, 3.8) is 0 Å². The molecule has 0 atom stereocenters. The van der Waals surface area contributed by atoms with Crippen LogP contribution < -0.4 is 10.2 Å². The molecular formula is C14H10F3N3O2. The number of rotatable bonds is 2. The largest absolute Gasteiger partial charge is 0.491 e. The van der Waals surface area contributed by atoms with Crippen molar-refractivity contribution >= 4 is 5.57 Å². The average Bonchev–Trinajstić information content (AvgIpc) is 2.71. The molecule has 5 nitrogen and oxygen atoms in total. The summed E-state index contributed by atoms with van der Waals surface area (Å²) in [5, 5.41) is 14.1. The number of hydrogen-bond donors (Lipinski definition) is 1. The van der Waals surface area contributed by atoms with Gasteiger partial charge in [0, 0.05) is 11.1 Å². The fraction of sp³-hybridized carbons (Fsp3) is 0.214. The van der Waals surface area contributed by atoms with E-state index in [1.807, 2.05) is 11.2 Å². The Morgan fingerprint density at radius 3 is 2.68 bits per heavy atom. The van der Waals surface area contributed by atoms with Crippen LogP contribution in [-0.2, 0) is 6.18 Å². The summed E-state index contributed by atoms with van der Waals surface area (Å²) in [5.41, 5.74) is -1.80. The molecule has 8 heteroatoms. The molecule has 0 radical (unpaired) electrons. The lowest BCUT2D eigenvalue weighted by Crippen LogP contribution is -2.22. The van der Waals surface area contributed by atoms with Gasteiger partial charge in [-0.25, -0.2) is 0 Å². The van der Waals surface area contributed by atoms with Gasteiger partial charge in [0.15, 0.2) is 11.4 Å². The van der Waals surface area contributed by atoms with Crippen LogP contribution in [0.15, 0.2) is 34.7 Å². The quantitative estimate of drug-likeness (QED) is 0.910. The van der Waals surface area contributed by atoms with Crippen molar-refractivity contribution in [3.05, 3.63) is 51.5 Å². The molecule has 0 aliphatic heterocycles. The van der Waals surface area contributed by atoms with Gasteiger partial charge in [0.2, 0.25) is 5.43 Å². The summed E-state index contributed by atoms with van der Waals surface area (Å²) in [4.78, 5) is 12.2. The minimum absolute atomic E-state index is 0.200. The van der Waals surface area contributed by atoms with Crippen molar-refractivity contribution in [1.29, 1.82) is 5.26 Å². The summed E-state index contributed by atoms with van der Waals surface area (Å²) in [6.45, 7) is 0. The second-order valence-corrected chi connectivity index (χ2v) is 4.31. The molecule has 1 heterocycles. The Labute approximate surface area is 123 Å². The molecule has 1 aromatic heterocycles. The molecule has 2 rings (SSSR count). The summed E-state index contributed by atoms with van der Waals surface area (Å²) >= 11 is 0. The van der Waals surface area contributed by atoms with Gasteiger partial charge in [-0.3, -0.25) is 9.89 Å². The number of nitriles is 1. The molecule has 0 saturated carbocycles. The number of nitrogens with one attached hydrogen (secondary N) is 1. The molecule has 1 aliphatic carbocycles. The number of ether oxygens (including phenoxy) is 1. The third-order valence-corrected chi connectivity index (χ3v) is 2.94. The van der Waals surface area contributed by atoms with Crippen LogP contribution in [0, 0.1) is 11.3 Å². The summed E-state index contributed by atoms with van der Waals surface area (Å²) in [5.74, 6) is -0.843. The number of halogens is 3. The van der Waals surface area contributed by atoms with Gasteiger partial charge in [-0.1, -0.05) is 18.2 Å². The monoisotopic (exact) mass is 309 g/mol. The average molecular weight is 309 g/mol. The Kier molecular flexibility index (Phi) is 4.17. The van der Waals surface area contributed by atoms with E-state index in [1.54, 1.807) is 12.2 Å². The highest BCUT2D eigenvalue weighted by Crippen LogP contribution is 2.32. The van der Waals surface area contributed by atoms with E-state index >= 15 is 0 Å². The Balaban J connectivity index is 2.54. The SMILES string of the molecule is COc1c(C(F)(F)F)[nH]nc(C2=CCC=C(C#N)C=C2)c1=O. The molecular weight excluding hydrogens is 299 g/mol. The molecule has 0 bridgehead atoms. The van der Waals surface area contributed by atoms with Crippen molar-refractivity contribution in [2.24, 2.45) is 0 Å². The van der Waals surface area contributed by atoms with E-state index in [0.29, 0.717) is 17.6 Å². The first-order chi connectivity index (χ1) is 10.4. The molecule has 0 unspecified atom stereocenters. The summed E-state index contributed by atoms with van der Waals surface area (Å²) in [6, 6.07) is 1.94. The van der Waals surface area contributed by atoms with E-state index in [2.05, 4.69) is 9.84 Å². The van der Waals surface area contributed by atoms with Gasteiger partial charge in [0.25, 0.3) is 0 Å². The smallest absolute Gasteiger partial charge is 0.436 e. The van der Waals surface area contributed by atoms with Crippen LogP contribution >= 0.6 is 0 Å². The molecule has 114 valence electrons.